The van der Waals surface area contributed by atoms with Crippen molar-refractivity contribution in [2.75, 3.05) is 18.0 Å². The molecule has 2 aliphatic heterocycles. The standard InChI is InChI=1S/C20H18FN5O3/c1-12(27)23-9-15-10-26(20(28)29-15)14-2-3-16(17(21)7-14)13-4-5-25-11-24-18(8-22)19(25)6-13/h2-4,7,11,15H,5-6,9-10H2,1H3,(H,23,27)/t15-/m0/s1. The summed E-state index contributed by atoms with van der Waals surface area (Å²) < 4.78 is 22.0. The lowest BCUT2D eigenvalue weighted by Gasteiger charge is -2.18. The average Bonchev–Trinajstić information content (AvgIpc) is 3.28. The van der Waals surface area contributed by atoms with E-state index in [-0.39, 0.29) is 19.0 Å². The summed E-state index contributed by atoms with van der Waals surface area (Å²) in [4.78, 5) is 28.6. The van der Waals surface area contributed by atoms with Crippen LogP contribution in [0.2, 0.25) is 0 Å². The number of aromatic nitrogens is 2. The van der Waals surface area contributed by atoms with Crippen molar-refractivity contribution in [3.8, 4) is 6.07 Å². The minimum absolute atomic E-state index is 0.208. The van der Waals surface area contributed by atoms with Gasteiger partial charge in [0.25, 0.3) is 0 Å². The van der Waals surface area contributed by atoms with Crippen LogP contribution in [0.4, 0.5) is 14.9 Å². The van der Waals surface area contributed by atoms with Crippen molar-refractivity contribution < 1.29 is 18.7 Å². The van der Waals surface area contributed by atoms with Crippen molar-refractivity contribution in [2.45, 2.75) is 26.0 Å². The number of benzene rings is 1. The van der Waals surface area contributed by atoms with Crippen LogP contribution < -0.4 is 10.2 Å². The Balaban J connectivity index is 1.52. The molecule has 9 heteroatoms. The van der Waals surface area contributed by atoms with Crippen molar-refractivity contribution in [1.29, 1.82) is 5.26 Å². The number of carbonyl (C=O) groups is 2. The van der Waals surface area contributed by atoms with E-state index in [9.17, 15) is 19.2 Å². The minimum atomic E-state index is -0.577. The summed E-state index contributed by atoms with van der Waals surface area (Å²) in [5, 5.41) is 11.8. The Labute approximate surface area is 166 Å². The van der Waals surface area contributed by atoms with E-state index in [1.165, 1.54) is 17.9 Å². The number of cyclic esters (lactones) is 1. The summed E-state index contributed by atoms with van der Waals surface area (Å²) in [5.74, 6) is -0.671. The molecule has 3 heterocycles. The second-order valence-corrected chi connectivity index (χ2v) is 6.93. The topological polar surface area (TPSA) is 100 Å². The summed E-state index contributed by atoms with van der Waals surface area (Å²) >= 11 is 0. The molecule has 0 aliphatic carbocycles. The third-order valence-corrected chi connectivity index (χ3v) is 5.01. The van der Waals surface area contributed by atoms with E-state index in [0.29, 0.717) is 29.9 Å². The molecule has 0 bridgehead atoms. The molecule has 148 valence electrons. The number of hydrogen-bond acceptors (Lipinski definition) is 5. The number of anilines is 1. The lowest BCUT2D eigenvalue weighted by Crippen LogP contribution is -2.33. The first-order valence-corrected chi connectivity index (χ1v) is 9.12. The van der Waals surface area contributed by atoms with Crippen molar-refractivity contribution in [1.82, 2.24) is 14.9 Å². The fraction of sp³-hybridized carbons (Fsp3) is 0.300. The van der Waals surface area contributed by atoms with Crippen molar-refractivity contribution in [3.05, 3.63) is 53.4 Å². The molecule has 1 N–H and O–H groups in total. The first-order chi connectivity index (χ1) is 14.0. The lowest BCUT2D eigenvalue weighted by molar-refractivity contribution is -0.119. The molecule has 2 aliphatic rings. The molecule has 0 spiro atoms. The molecule has 2 amide bonds. The van der Waals surface area contributed by atoms with E-state index in [1.807, 2.05) is 10.6 Å². The molecule has 1 atom stereocenters. The van der Waals surface area contributed by atoms with Crippen LogP contribution in [0.3, 0.4) is 0 Å². The highest BCUT2D eigenvalue weighted by atomic mass is 19.1. The summed E-state index contributed by atoms with van der Waals surface area (Å²) in [6.07, 6.45) is 2.86. The third-order valence-electron chi connectivity index (χ3n) is 5.01. The first kappa shape index (κ1) is 18.7. The number of ether oxygens (including phenoxy) is 1. The van der Waals surface area contributed by atoms with Crippen LogP contribution in [0, 0.1) is 17.1 Å². The second-order valence-electron chi connectivity index (χ2n) is 6.93. The Kier molecular flexibility index (Phi) is 4.76. The molecule has 0 saturated carbocycles. The zero-order valence-electron chi connectivity index (χ0n) is 15.7. The number of nitriles is 1. The van der Waals surface area contributed by atoms with Crippen LogP contribution in [0.5, 0.6) is 0 Å². The molecular weight excluding hydrogens is 377 g/mol. The Bertz CT molecular complexity index is 1070. The summed E-state index contributed by atoms with van der Waals surface area (Å²) in [6, 6.07) is 6.65. The van der Waals surface area contributed by atoms with Gasteiger partial charge in [-0.25, -0.2) is 14.2 Å². The van der Waals surface area contributed by atoms with Crippen LogP contribution >= 0.6 is 0 Å². The Morgan fingerprint density at radius 2 is 2.31 bits per heavy atom. The number of nitrogens with one attached hydrogen (secondary N) is 1. The average molecular weight is 395 g/mol. The monoisotopic (exact) mass is 395 g/mol. The highest BCUT2D eigenvalue weighted by Gasteiger charge is 2.33. The summed E-state index contributed by atoms with van der Waals surface area (Å²) in [5.41, 5.74) is 2.69. The Morgan fingerprint density at radius 1 is 1.48 bits per heavy atom. The summed E-state index contributed by atoms with van der Waals surface area (Å²) in [6.45, 7) is 2.34. The maximum absolute atomic E-state index is 14.9. The highest BCUT2D eigenvalue weighted by Crippen LogP contribution is 2.31. The van der Waals surface area contributed by atoms with Gasteiger partial charge in [-0.1, -0.05) is 6.08 Å². The molecule has 1 aromatic heterocycles. The van der Waals surface area contributed by atoms with E-state index in [2.05, 4.69) is 16.4 Å². The SMILES string of the molecule is CC(=O)NC[C@H]1CN(c2ccc(C3=CCn4cnc(C#N)c4C3)c(F)c2)C(=O)O1. The van der Waals surface area contributed by atoms with Gasteiger partial charge in [0.15, 0.2) is 5.69 Å². The van der Waals surface area contributed by atoms with Crippen LogP contribution in [0.15, 0.2) is 30.6 Å². The van der Waals surface area contributed by atoms with Gasteiger partial charge in [0.2, 0.25) is 5.91 Å². The number of rotatable bonds is 4. The molecule has 1 fully saturated rings. The zero-order chi connectivity index (χ0) is 20.5. The van der Waals surface area contributed by atoms with Crippen molar-refractivity contribution in [3.63, 3.8) is 0 Å². The fourth-order valence-corrected chi connectivity index (χ4v) is 3.54. The number of halogens is 1. The van der Waals surface area contributed by atoms with Gasteiger partial charge in [-0.3, -0.25) is 9.69 Å². The fourth-order valence-electron chi connectivity index (χ4n) is 3.54. The molecule has 8 nitrogen and oxygen atoms in total. The van der Waals surface area contributed by atoms with E-state index in [4.69, 9.17) is 4.74 Å². The quantitative estimate of drug-likeness (QED) is 0.853. The Hall–Kier alpha value is -3.67. The maximum Gasteiger partial charge on any atom is 0.414 e. The highest BCUT2D eigenvalue weighted by molar-refractivity contribution is 5.90. The lowest BCUT2D eigenvalue weighted by atomic mass is 9.97. The van der Waals surface area contributed by atoms with Gasteiger partial charge >= 0.3 is 6.09 Å². The number of carbonyl (C=O) groups excluding carboxylic acids is 2. The van der Waals surface area contributed by atoms with Crippen LogP contribution in [-0.4, -0.2) is 40.7 Å². The van der Waals surface area contributed by atoms with Gasteiger partial charge in [-0.05, 0) is 23.8 Å². The smallest absolute Gasteiger partial charge is 0.414 e. The molecule has 2 aromatic rings. The maximum atomic E-state index is 14.9. The Morgan fingerprint density at radius 3 is 3.03 bits per heavy atom. The number of amides is 2. The predicted molar refractivity (Wildman–Crippen MR) is 101 cm³/mol. The van der Waals surface area contributed by atoms with E-state index in [1.54, 1.807) is 18.5 Å². The molecule has 1 aromatic carbocycles. The van der Waals surface area contributed by atoms with Crippen LogP contribution in [0.1, 0.15) is 23.9 Å². The molecule has 4 rings (SSSR count). The summed E-state index contributed by atoms with van der Waals surface area (Å²) in [7, 11) is 0. The number of hydrogen-bond donors (Lipinski definition) is 1. The van der Waals surface area contributed by atoms with Crippen molar-refractivity contribution in [2.24, 2.45) is 0 Å². The molecule has 0 radical (unpaired) electrons. The molecule has 0 unspecified atom stereocenters. The van der Waals surface area contributed by atoms with Gasteiger partial charge in [-0.2, -0.15) is 5.26 Å². The number of allylic oxidation sites excluding steroid dienone is 2. The van der Waals surface area contributed by atoms with E-state index in [0.717, 1.165) is 11.3 Å². The van der Waals surface area contributed by atoms with E-state index < -0.39 is 18.0 Å². The predicted octanol–water partition coefficient (Wildman–Crippen LogP) is 1.99. The normalized spacial score (nSPS) is 18.0. The van der Waals surface area contributed by atoms with Crippen LogP contribution in [-0.2, 0) is 22.5 Å². The van der Waals surface area contributed by atoms with Gasteiger partial charge in [-0.15, -0.1) is 0 Å². The number of nitrogens with zero attached hydrogens (tertiary/aromatic N) is 4. The zero-order valence-corrected chi connectivity index (χ0v) is 15.7. The van der Waals surface area contributed by atoms with Crippen molar-refractivity contribution >= 4 is 23.3 Å². The molecule has 29 heavy (non-hydrogen) atoms. The van der Waals surface area contributed by atoms with E-state index >= 15 is 0 Å². The van der Waals surface area contributed by atoms with Gasteiger partial charge in [0.05, 0.1) is 30.8 Å². The largest absolute Gasteiger partial charge is 0.442 e. The van der Waals surface area contributed by atoms with Gasteiger partial charge < -0.3 is 14.6 Å². The first-order valence-electron chi connectivity index (χ1n) is 9.12. The molecule has 1 saturated heterocycles. The minimum Gasteiger partial charge on any atom is -0.442 e. The van der Waals surface area contributed by atoms with Gasteiger partial charge in [0, 0.05) is 25.5 Å². The number of fused-ring (bicyclic) bond motifs is 1. The second kappa shape index (κ2) is 7.39. The van der Waals surface area contributed by atoms with Crippen LogP contribution in [0.25, 0.3) is 5.57 Å². The number of imidazole rings is 1. The third kappa shape index (κ3) is 3.57. The molecular formula is C20H18FN5O3. The van der Waals surface area contributed by atoms with Gasteiger partial charge in [0.1, 0.15) is 18.0 Å².